The molecule has 0 unspecified atom stereocenters. The van der Waals surface area contributed by atoms with Gasteiger partial charge in [0.25, 0.3) is 0 Å². The molecule has 0 aliphatic heterocycles. The molecule has 132 valence electrons. The average molecular weight is 360 g/mol. The molecule has 0 aliphatic rings. The first-order chi connectivity index (χ1) is 11.0. The van der Waals surface area contributed by atoms with Crippen LogP contribution in [0.15, 0.2) is 25.3 Å². The van der Waals surface area contributed by atoms with Crippen molar-refractivity contribution in [2.75, 3.05) is 13.2 Å². The Balaban J connectivity index is 4.42. The summed E-state index contributed by atoms with van der Waals surface area (Å²) >= 11 is -1.97. The standard InChI is InChI=1S/2C6H9O2.2C3H7.Ti/c2*1-3-5-8-6(7)4-2;2*1-3-2;/h2*4H,1-3,5H2;2*1,3H2,2H3;. The summed E-state index contributed by atoms with van der Waals surface area (Å²) in [5.74, 6) is -0.684. The molecule has 0 rings (SSSR count). The summed E-state index contributed by atoms with van der Waals surface area (Å²) in [6.07, 6.45) is 6.71. The molecule has 0 heterocycles. The molecule has 4 nitrogen and oxygen atoms in total. The maximum atomic E-state index is 11.1. The van der Waals surface area contributed by atoms with E-state index in [0.717, 1.165) is 12.8 Å². The van der Waals surface area contributed by atoms with Crippen molar-refractivity contribution >= 4 is 11.9 Å². The SMILES string of the molecule is C=CC(=O)OCC[CH2][Ti]([CH2]CC)([CH2]CC)[CH2]CCOC(=O)C=C. The number of hydrogen-bond acceptors (Lipinski definition) is 4. The van der Waals surface area contributed by atoms with Crippen molar-refractivity contribution in [1.29, 1.82) is 0 Å². The Hall–Kier alpha value is -0.866. The maximum absolute atomic E-state index is 11.1. The molecule has 0 radical (unpaired) electrons. The van der Waals surface area contributed by atoms with E-state index in [1.54, 1.807) is 0 Å². The van der Waals surface area contributed by atoms with Crippen LogP contribution in [0.5, 0.6) is 0 Å². The van der Waals surface area contributed by atoms with Crippen LogP contribution < -0.4 is 0 Å². The predicted molar refractivity (Wildman–Crippen MR) is 91.4 cm³/mol. The van der Waals surface area contributed by atoms with Crippen molar-refractivity contribution < 1.29 is 35.7 Å². The summed E-state index contributed by atoms with van der Waals surface area (Å²) in [6, 6.07) is 0. The first-order valence-electron chi connectivity index (χ1n) is 8.62. The molecule has 0 saturated heterocycles. The number of carbonyl (C=O) groups is 2. The third-order valence-electron chi connectivity index (χ3n) is 4.09. The summed E-state index contributed by atoms with van der Waals surface area (Å²) in [5.41, 5.74) is 0. The van der Waals surface area contributed by atoms with E-state index in [4.69, 9.17) is 9.47 Å². The quantitative estimate of drug-likeness (QED) is 0.192. The van der Waals surface area contributed by atoms with Gasteiger partial charge in [0, 0.05) is 0 Å². The van der Waals surface area contributed by atoms with Gasteiger partial charge in [-0.3, -0.25) is 0 Å². The number of carbonyl (C=O) groups excluding carboxylic acids is 2. The van der Waals surface area contributed by atoms with Crippen molar-refractivity contribution in [3.63, 3.8) is 0 Å². The number of rotatable bonds is 14. The molecule has 0 amide bonds. The molecular weight excluding hydrogens is 328 g/mol. The van der Waals surface area contributed by atoms with Crippen molar-refractivity contribution in [3.05, 3.63) is 25.3 Å². The van der Waals surface area contributed by atoms with Gasteiger partial charge in [0.1, 0.15) is 0 Å². The van der Waals surface area contributed by atoms with E-state index in [-0.39, 0.29) is 11.9 Å². The summed E-state index contributed by atoms with van der Waals surface area (Å²) < 4.78 is 15.3. The van der Waals surface area contributed by atoms with E-state index in [2.05, 4.69) is 27.0 Å². The van der Waals surface area contributed by atoms with Crippen LogP contribution in [0.3, 0.4) is 0 Å². The van der Waals surface area contributed by atoms with E-state index in [9.17, 15) is 9.59 Å². The zero-order valence-electron chi connectivity index (χ0n) is 14.8. The van der Waals surface area contributed by atoms with Gasteiger partial charge in [0.2, 0.25) is 0 Å². The topological polar surface area (TPSA) is 52.6 Å². The molecule has 0 spiro atoms. The van der Waals surface area contributed by atoms with Gasteiger partial charge in [-0.15, -0.1) is 0 Å². The van der Waals surface area contributed by atoms with Crippen molar-refractivity contribution in [2.45, 2.75) is 58.4 Å². The summed E-state index contributed by atoms with van der Waals surface area (Å²) in [5, 5.41) is 0. The Morgan fingerprint density at radius 1 is 0.826 bits per heavy atom. The van der Waals surface area contributed by atoms with Crippen molar-refractivity contribution in [1.82, 2.24) is 0 Å². The van der Waals surface area contributed by atoms with Gasteiger partial charge in [-0.2, -0.15) is 0 Å². The Labute approximate surface area is 144 Å². The second kappa shape index (κ2) is 13.6. The fraction of sp³-hybridized carbons (Fsp3) is 0.667. The van der Waals surface area contributed by atoms with Crippen LogP contribution in [0.4, 0.5) is 0 Å². The van der Waals surface area contributed by atoms with Gasteiger partial charge in [-0.1, -0.05) is 0 Å². The van der Waals surface area contributed by atoms with Crippen LogP contribution >= 0.6 is 0 Å². The monoisotopic (exact) mass is 360 g/mol. The summed E-state index contributed by atoms with van der Waals surface area (Å²) in [7, 11) is 0. The third-order valence-corrected chi connectivity index (χ3v) is 13.4. The van der Waals surface area contributed by atoms with E-state index >= 15 is 0 Å². The van der Waals surface area contributed by atoms with Crippen LogP contribution in [0, 0.1) is 0 Å². The second-order valence-corrected chi connectivity index (χ2v) is 13.8. The van der Waals surface area contributed by atoms with E-state index in [1.807, 2.05) is 0 Å². The molecule has 0 aromatic heterocycles. The number of ether oxygens (including phenoxy) is 2. The minimum atomic E-state index is -1.97. The minimum absolute atomic E-state index is 0.342. The molecule has 0 fully saturated rings. The molecular formula is C18H32O4Ti. The van der Waals surface area contributed by atoms with Gasteiger partial charge in [0.15, 0.2) is 0 Å². The molecule has 0 saturated carbocycles. The van der Waals surface area contributed by atoms with Crippen LogP contribution in [0.2, 0.25) is 18.9 Å². The van der Waals surface area contributed by atoms with Crippen LogP contribution in [0.1, 0.15) is 39.5 Å². The first-order valence-corrected chi connectivity index (χ1v) is 13.0. The van der Waals surface area contributed by atoms with Gasteiger partial charge in [0.05, 0.1) is 0 Å². The Morgan fingerprint density at radius 3 is 1.52 bits per heavy atom. The van der Waals surface area contributed by atoms with Crippen LogP contribution in [-0.2, 0) is 35.7 Å². The molecule has 0 bridgehead atoms. The Morgan fingerprint density at radius 2 is 1.22 bits per heavy atom. The third kappa shape index (κ3) is 10.5. The summed E-state index contributed by atoms with van der Waals surface area (Å²) in [6.45, 7) is 12.3. The van der Waals surface area contributed by atoms with Gasteiger partial charge >= 0.3 is 145 Å². The Bertz CT molecular complexity index is 343. The second-order valence-electron chi connectivity index (χ2n) is 5.95. The van der Waals surface area contributed by atoms with Crippen molar-refractivity contribution in [3.8, 4) is 0 Å². The van der Waals surface area contributed by atoms with E-state index in [0.29, 0.717) is 13.2 Å². The molecule has 5 heteroatoms. The van der Waals surface area contributed by atoms with Crippen LogP contribution in [-0.4, -0.2) is 25.2 Å². The molecule has 0 aromatic rings. The van der Waals surface area contributed by atoms with Gasteiger partial charge in [-0.25, -0.2) is 0 Å². The average Bonchev–Trinajstić information content (AvgIpc) is 2.55. The summed E-state index contributed by atoms with van der Waals surface area (Å²) in [4.78, 5) is 22.2. The molecule has 23 heavy (non-hydrogen) atoms. The first kappa shape index (κ1) is 22.1. The van der Waals surface area contributed by atoms with E-state index < -0.39 is 16.6 Å². The molecule has 0 aliphatic carbocycles. The molecule has 0 atom stereocenters. The zero-order valence-corrected chi connectivity index (χ0v) is 16.3. The molecule has 0 N–H and O–H groups in total. The molecule has 0 aromatic carbocycles. The van der Waals surface area contributed by atoms with Gasteiger partial charge < -0.3 is 0 Å². The van der Waals surface area contributed by atoms with Crippen molar-refractivity contribution in [2.24, 2.45) is 0 Å². The normalized spacial score (nSPS) is 10.9. The fourth-order valence-electron chi connectivity index (χ4n) is 3.17. The van der Waals surface area contributed by atoms with Crippen LogP contribution in [0.25, 0.3) is 0 Å². The van der Waals surface area contributed by atoms with Gasteiger partial charge in [-0.05, 0) is 0 Å². The zero-order chi connectivity index (χ0) is 17.6. The number of hydrogen-bond donors (Lipinski definition) is 0. The number of esters is 2. The Kier molecular flexibility index (Phi) is 13.1. The fourth-order valence-corrected chi connectivity index (χ4v) is 11.6. The van der Waals surface area contributed by atoms with E-state index in [1.165, 1.54) is 43.9 Å². The predicted octanol–water partition coefficient (Wildman–Crippen LogP) is 4.87.